The van der Waals surface area contributed by atoms with Crippen LogP contribution >= 0.6 is 11.8 Å². The van der Waals surface area contributed by atoms with Crippen LogP contribution < -0.4 is 4.74 Å². The lowest BCUT2D eigenvalue weighted by Crippen LogP contribution is -1.86. The molecule has 0 spiro atoms. The van der Waals surface area contributed by atoms with Crippen LogP contribution in [-0.4, -0.2) is 12.2 Å². The summed E-state index contributed by atoms with van der Waals surface area (Å²) in [7, 11) is 1.55. The molecule has 0 bridgehead atoms. The second-order valence-electron chi connectivity index (χ2n) is 3.61. The molecule has 0 radical (unpaired) electrons. The molecule has 3 heteroatoms. The van der Waals surface area contributed by atoms with Gasteiger partial charge < -0.3 is 9.84 Å². The maximum atomic E-state index is 9.65. The summed E-state index contributed by atoms with van der Waals surface area (Å²) in [6, 6.07) is 15.7. The molecule has 2 aromatic rings. The molecule has 0 atom stereocenters. The first kappa shape index (κ1) is 11.9. The van der Waals surface area contributed by atoms with Gasteiger partial charge in [0.15, 0.2) is 11.5 Å². The fraction of sp³-hybridized carbons (Fsp3) is 0.143. The summed E-state index contributed by atoms with van der Waals surface area (Å²) in [4.78, 5) is 1.22. The average Bonchev–Trinajstić information content (AvgIpc) is 2.38. The fourth-order valence-electron chi connectivity index (χ4n) is 1.51. The van der Waals surface area contributed by atoms with Gasteiger partial charge in [0.05, 0.1) is 7.11 Å². The van der Waals surface area contributed by atoms with Gasteiger partial charge in [-0.15, -0.1) is 11.8 Å². The molecule has 0 saturated carbocycles. The third-order valence-corrected chi connectivity index (χ3v) is 3.48. The predicted octanol–water partition coefficient (Wildman–Crippen LogP) is 3.69. The van der Waals surface area contributed by atoms with Gasteiger partial charge >= 0.3 is 0 Å². The van der Waals surface area contributed by atoms with Crippen molar-refractivity contribution >= 4 is 11.8 Å². The maximum absolute atomic E-state index is 9.65. The predicted molar refractivity (Wildman–Crippen MR) is 70.7 cm³/mol. The Hall–Kier alpha value is -1.61. The molecule has 0 aliphatic carbocycles. The van der Waals surface area contributed by atoms with Crippen molar-refractivity contribution in [2.45, 2.75) is 10.6 Å². The lowest BCUT2D eigenvalue weighted by molar-refractivity contribution is 0.373. The lowest BCUT2D eigenvalue weighted by atomic mass is 10.2. The molecule has 0 aliphatic rings. The first-order valence-corrected chi connectivity index (χ1v) is 6.32. The van der Waals surface area contributed by atoms with Crippen LogP contribution in [-0.2, 0) is 5.75 Å². The van der Waals surface area contributed by atoms with Crippen molar-refractivity contribution in [1.29, 1.82) is 0 Å². The highest BCUT2D eigenvalue weighted by atomic mass is 32.2. The Morgan fingerprint density at radius 1 is 1.12 bits per heavy atom. The van der Waals surface area contributed by atoms with Crippen LogP contribution in [0.2, 0.25) is 0 Å². The van der Waals surface area contributed by atoms with Crippen LogP contribution in [0.4, 0.5) is 0 Å². The highest BCUT2D eigenvalue weighted by Gasteiger charge is 2.02. The van der Waals surface area contributed by atoms with E-state index in [2.05, 4.69) is 12.1 Å². The number of ether oxygens (including phenoxy) is 1. The molecule has 0 fully saturated rings. The highest BCUT2D eigenvalue weighted by molar-refractivity contribution is 7.98. The van der Waals surface area contributed by atoms with Crippen molar-refractivity contribution in [1.82, 2.24) is 0 Å². The molecule has 0 aromatic heterocycles. The normalized spacial score (nSPS) is 10.2. The minimum atomic E-state index is 0.193. The van der Waals surface area contributed by atoms with E-state index in [1.807, 2.05) is 24.3 Å². The minimum absolute atomic E-state index is 0.193. The molecule has 0 heterocycles. The van der Waals surface area contributed by atoms with E-state index in [0.717, 1.165) is 11.3 Å². The summed E-state index contributed by atoms with van der Waals surface area (Å²) in [6.45, 7) is 0. The van der Waals surface area contributed by atoms with E-state index in [4.69, 9.17) is 4.74 Å². The smallest absolute Gasteiger partial charge is 0.160 e. The number of hydrogen-bond acceptors (Lipinski definition) is 3. The van der Waals surface area contributed by atoms with Crippen LogP contribution in [0.15, 0.2) is 53.4 Å². The molecule has 0 saturated heterocycles. The number of phenolic OH excluding ortho intramolecular Hbond substituents is 1. The first-order chi connectivity index (χ1) is 8.29. The van der Waals surface area contributed by atoms with Gasteiger partial charge in [0.2, 0.25) is 0 Å². The Balaban J connectivity index is 2.02. The molecule has 0 unspecified atom stereocenters. The lowest BCUT2D eigenvalue weighted by Gasteiger charge is -2.06. The SMILES string of the molecule is COc1ccc(CSc2ccccc2)cc1O. The largest absolute Gasteiger partial charge is 0.504 e. The van der Waals surface area contributed by atoms with Crippen LogP contribution in [0.1, 0.15) is 5.56 Å². The van der Waals surface area contributed by atoms with E-state index < -0.39 is 0 Å². The summed E-state index contributed by atoms with van der Waals surface area (Å²) in [6.07, 6.45) is 0. The van der Waals surface area contributed by atoms with Crippen LogP contribution in [0.5, 0.6) is 11.5 Å². The van der Waals surface area contributed by atoms with Crippen LogP contribution in [0.3, 0.4) is 0 Å². The van der Waals surface area contributed by atoms with Crippen molar-refractivity contribution < 1.29 is 9.84 Å². The van der Waals surface area contributed by atoms with Crippen molar-refractivity contribution in [2.24, 2.45) is 0 Å². The summed E-state index contributed by atoms with van der Waals surface area (Å²) in [5.74, 6) is 1.54. The maximum Gasteiger partial charge on any atom is 0.160 e. The third kappa shape index (κ3) is 3.17. The van der Waals surface area contributed by atoms with Crippen molar-refractivity contribution in [3.63, 3.8) is 0 Å². The Morgan fingerprint density at radius 3 is 2.53 bits per heavy atom. The Labute approximate surface area is 105 Å². The highest BCUT2D eigenvalue weighted by Crippen LogP contribution is 2.29. The summed E-state index contributed by atoms with van der Waals surface area (Å²) < 4.78 is 5.01. The van der Waals surface area contributed by atoms with E-state index >= 15 is 0 Å². The van der Waals surface area contributed by atoms with E-state index in [-0.39, 0.29) is 5.75 Å². The second kappa shape index (κ2) is 5.64. The zero-order chi connectivity index (χ0) is 12.1. The molecule has 2 nitrogen and oxygen atoms in total. The van der Waals surface area contributed by atoms with E-state index in [9.17, 15) is 5.11 Å². The monoisotopic (exact) mass is 246 g/mol. The van der Waals surface area contributed by atoms with Crippen LogP contribution in [0.25, 0.3) is 0 Å². The summed E-state index contributed by atoms with van der Waals surface area (Å²) in [5, 5.41) is 9.65. The molecular weight excluding hydrogens is 232 g/mol. The number of methoxy groups -OCH3 is 1. The first-order valence-electron chi connectivity index (χ1n) is 5.33. The number of aromatic hydroxyl groups is 1. The number of hydrogen-bond donors (Lipinski definition) is 1. The number of benzene rings is 2. The van der Waals surface area contributed by atoms with Gasteiger partial charge in [0.25, 0.3) is 0 Å². The molecule has 0 aliphatic heterocycles. The molecule has 2 rings (SSSR count). The second-order valence-corrected chi connectivity index (χ2v) is 4.66. The quantitative estimate of drug-likeness (QED) is 0.834. The molecular formula is C14H14O2S. The van der Waals surface area contributed by atoms with Gasteiger partial charge in [0.1, 0.15) is 0 Å². The van der Waals surface area contributed by atoms with Gasteiger partial charge in [-0.25, -0.2) is 0 Å². The zero-order valence-corrected chi connectivity index (χ0v) is 10.4. The van der Waals surface area contributed by atoms with Crippen molar-refractivity contribution in [3.05, 3.63) is 54.1 Å². The van der Waals surface area contributed by atoms with Gasteiger partial charge in [-0.1, -0.05) is 24.3 Å². The van der Waals surface area contributed by atoms with Crippen molar-refractivity contribution in [3.8, 4) is 11.5 Å². The number of thioether (sulfide) groups is 1. The molecule has 17 heavy (non-hydrogen) atoms. The van der Waals surface area contributed by atoms with Gasteiger partial charge in [0, 0.05) is 10.6 Å². The summed E-state index contributed by atoms with van der Waals surface area (Å²) >= 11 is 1.74. The standard InChI is InChI=1S/C14H14O2S/c1-16-14-8-7-11(9-13(14)15)10-17-12-5-3-2-4-6-12/h2-9,15H,10H2,1H3. The van der Waals surface area contributed by atoms with E-state index in [0.29, 0.717) is 5.75 Å². The van der Waals surface area contributed by atoms with Crippen molar-refractivity contribution in [2.75, 3.05) is 7.11 Å². The molecule has 88 valence electrons. The topological polar surface area (TPSA) is 29.5 Å². The molecule has 1 N–H and O–H groups in total. The summed E-state index contributed by atoms with van der Waals surface area (Å²) in [5.41, 5.74) is 1.08. The van der Waals surface area contributed by atoms with Gasteiger partial charge in [-0.05, 0) is 29.8 Å². The molecule has 0 amide bonds. The Bertz CT molecular complexity index is 483. The third-order valence-electron chi connectivity index (χ3n) is 2.39. The molecule has 2 aromatic carbocycles. The number of rotatable bonds is 4. The van der Waals surface area contributed by atoms with E-state index in [1.54, 1.807) is 31.0 Å². The Kier molecular flexibility index (Phi) is 3.94. The average molecular weight is 246 g/mol. The van der Waals surface area contributed by atoms with Crippen LogP contribution in [0, 0.1) is 0 Å². The van der Waals surface area contributed by atoms with E-state index in [1.165, 1.54) is 4.90 Å². The number of phenols is 1. The zero-order valence-electron chi connectivity index (χ0n) is 9.59. The fourth-order valence-corrected chi connectivity index (χ4v) is 2.37. The minimum Gasteiger partial charge on any atom is -0.504 e. The van der Waals surface area contributed by atoms with Gasteiger partial charge in [-0.3, -0.25) is 0 Å². The Morgan fingerprint density at radius 2 is 1.88 bits per heavy atom. The van der Waals surface area contributed by atoms with Gasteiger partial charge in [-0.2, -0.15) is 0 Å².